The van der Waals surface area contributed by atoms with Crippen molar-refractivity contribution in [1.29, 1.82) is 0 Å². The van der Waals surface area contributed by atoms with Crippen molar-refractivity contribution < 1.29 is 9.47 Å². The van der Waals surface area contributed by atoms with Crippen LogP contribution in [0.2, 0.25) is 0 Å². The van der Waals surface area contributed by atoms with Crippen LogP contribution < -0.4 is 14.8 Å². The number of hydrogen-bond donors (Lipinski definition) is 1. The third-order valence-corrected chi connectivity index (χ3v) is 3.28. The van der Waals surface area contributed by atoms with Crippen molar-refractivity contribution in [2.45, 2.75) is 26.7 Å². The molecule has 0 saturated heterocycles. The molecular formula is C15H24N2O2S. The van der Waals surface area contributed by atoms with Crippen LogP contribution in [0.1, 0.15) is 26.7 Å². The van der Waals surface area contributed by atoms with E-state index in [-0.39, 0.29) is 0 Å². The van der Waals surface area contributed by atoms with Gasteiger partial charge in [-0.3, -0.25) is 0 Å². The summed E-state index contributed by atoms with van der Waals surface area (Å²) in [5.74, 6) is 1.52. The van der Waals surface area contributed by atoms with Crippen molar-refractivity contribution in [2.75, 3.05) is 32.6 Å². The first-order valence-electron chi connectivity index (χ1n) is 6.94. The molecule has 0 saturated carbocycles. The molecule has 0 aliphatic carbocycles. The van der Waals surface area contributed by atoms with Crippen molar-refractivity contribution in [1.82, 2.24) is 4.90 Å². The third kappa shape index (κ3) is 4.56. The molecule has 0 amide bonds. The molecule has 1 aromatic rings. The van der Waals surface area contributed by atoms with Crippen molar-refractivity contribution in [2.24, 2.45) is 0 Å². The average molecular weight is 296 g/mol. The Morgan fingerprint density at radius 1 is 1.15 bits per heavy atom. The number of hydrogen-bond acceptors (Lipinski definition) is 3. The summed E-state index contributed by atoms with van der Waals surface area (Å²) in [6.07, 6.45) is 2.13. The fraction of sp³-hybridized carbons (Fsp3) is 0.533. The highest BCUT2D eigenvalue weighted by atomic mass is 32.1. The Balaban J connectivity index is 2.86. The Hall–Kier alpha value is -1.49. The number of nitrogens with one attached hydrogen (secondary N) is 1. The summed E-state index contributed by atoms with van der Waals surface area (Å²) in [6.45, 7) is 6.20. The van der Waals surface area contributed by atoms with Crippen LogP contribution in [0.25, 0.3) is 0 Å². The van der Waals surface area contributed by atoms with E-state index in [2.05, 4.69) is 24.1 Å². The van der Waals surface area contributed by atoms with E-state index in [0.717, 1.165) is 48.2 Å². The minimum absolute atomic E-state index is 0.722. The van der Waals surface area contributed by atoms with E-state index >= 15 is 0 Å². The highest BCUT2D eigenvalue weighted by Crippen LogP contribution is 2.29. The van der Waals surface area contributed by atoms with E-state index in [9.17, 15) is 0 Å². The number of anilines is 1. The van der Waals surface area contributed by atoms with Crippen molar-refractivity contribution in [3.05, 3.63) is 18.2 Å². The van der Waals surface area contributed by atoms with Crippen molar-refractivity contribution >= 4 is 23.0 Å². The fourth-order valence-corrected chi connectivity index (χ4v) is 2.25. The van der Waals surface area contributed by atoms with Gasteiger partial charge in [0.1, 0.15) is 11.5 Å². The second-order valence-electron chi connectivity index (χ2n) is 4.48. The first kappa shape index (κ1) is 16.6. The topological polar surface area (TPSA) is 33.7 Å². The molecule has 5 heteroatoms. The zero-order chi connectivity index (χ0) is 15.0. The molecule has 0 atom stereocenters. The number of nitrogens with zero attached hydrogens (tertiary/aromatic N) is 1. The van der Waals surface area contributed by atoms with E-state index in [0.29, 0.717) is 0 Å². The predicted molar refractivity (Wildman–Crippen MR) is 87.9 cm³/mol. The number of benzene rings is 1. The van der Waals surface area contributed by atoms with Gasteiger partial charge in [-0.2, -0.15) is 0 Å². The lowest BCUT2D eigenvalue weighted by atomic mass is 10.2. The zero-order valence-corrected chi connectivity index (χ0v) is 13.5. The Morgan fingerprint density at radius 3 is 2.30 bits per heavy atom. The molecule has 0 radical (unpaired) electrons. The number of thiocarbonyl (C=S) groups is 1. The molecule has 0 unspecified atom stereocenters. The normalized spacial score (nSPS) is 10.0. The van der Waals surface area contributed by atoms with E-state index in [4.69, 9.17) is 21.7 Å². The molecule has 0 aliphatic heterocycles. The van der Waals surface area contributed by atoms with Crippen LogP contribution in [0.5, 0.6) is 11.5 Å². The highest BCUT2D eigenvalue weighted by Gasteiger charge is 2.11. The molecule has 112 valence electrons. The molecule has 4 nitrogen and oxygen atoms in total. The summed E-state index contributed by atoms with van der Waals surface area (Å²) >= 11 is 5.49. The number of methoxy groups -OCH3 is 2. The summed E-state index contributed by atoms with van der Waals surface area (Å²) in [7, 11) is 3.29. The Labute approximate surface area is 127 Å². The first-order valence-corrected chi connectivity index (χ1v) is 7.35. The first-order chi connectivity index (χ1) is 9.65. The fourth-order valence-electron chi connectivity index (χ4n) is 1.96. The minimum atomic E-state index is 0.722. The predicted octanol–water partition coefficient (Wildman–Crippen LogP) is 3.52. The van der Waals surface area contributed by atoms with Crippen molar-refractivity contribution in [3.63, 3.8) is 0 Å². The van der Waals surface area contributed by atoms with E-state index in [1.54, 1.807) is 14.2 Å². The van der Waals surface area contributed by atoms with Gasteiger partial charge < -0.3 is 19.7 Å². The summed E-state index contributed by atoms with van der Waals surface area (Å²) < 4.78 is 10.6. The van der Waals surface area contributed by atoms with Gasteiger partial charge in [0.25, 0.3) is 0 Å². The summed E-state index contributed by atoms with van der Waals surface area (Å²) in [6, 6.07) is 5.62. The standard InChI is InChI=1S/C15H24N2O2S/c1-5-9-17(10-6-2)15(20)16-13-11-12(18-3)7-8-14(13)19-4/h7-8,11H,5-6,9-10H2,1-4H3,(H,16,20). The Bertz CT molecular complexity index is 432. The van der Waals surface area contributed by atoms with Gasteiger partial charge in [0.2, 0.25) is 0 Å². The number of rotatable bonds is 7. The molecule has 0 aliphatic rings. The van der Waals surface area contributed by atoms with E-state index in [1.807, 2.05) is 18.2 Å². The van der Waals surface area contributed by atoms with Crippen LogP contribution in [0.4, 0.5) is 5.69 Å². The lowest BCUT2D eigenvalue weighted by Gasteiger charge is -2.25. The smallest absolute Gasteiger partial charge is 0.173 e. The highest BCUT2D eigenvalue weighted by molar-refractivity contribution is 7.80. The van der Waals surface area contributed by atoms with Crippen molar-refractivity contribution in [3.8, 4) is 11.5 Å². The molecule has 0 spiro atoms. The van der Waals surface area contributed by atoms with Crippen LogP contribution in [0.3, 0.4) is 0 Å². The van der Waals surface area contributed by atoms with Crippen LogP contribution in [-0.4, -0.2) is 37.3 Å². The number of ether oxygens (including phenoxy) is 2. The van der Waals surface area contributed by atoms with E-state index in [1.165, 1.54) is 0 Å². The second-order valence-corrected chi connectivity index (χ2v) is 4.87. The van der Waals surface area contributed by atoms with Gasteiger partial charge >= 0.3 is 0 Å². The monoisotopic (exact) mass is 296 g/mol. The molecule has 0 bridgehead atoms. The van der Waals surface area contributed by atoms with Crippen LogP contribution in [0.15, 0.2) is 18.2 Å². The molecule has 1 aromatic carbocycles. The van der Waals surface area contributed by atoms with Crippen LogP contribution >= 0.6 is 12.2 Å². The maximum Gasteiger partial charge on any atom is 0.173 e. The van der Waals surface area contributed by atoms with Gasteiger partial charge in [0, 0.05) is 19.2 Å². The summed E-state index contributed by atoms with van der Waals surface area (Å²) in [5, 5.41) is 3.98. The van der Waals surface area contributed by atoms with Gasteiger partial charge in [-0.15, -0.1) is 0 Å². The lowest BCUT2D eigenvalue weighted by Crippen LogP contribution is -2.36. The SMILES string of the molecule is CCCN(CCC)C(=S)Nc1cc(OC)ccc1OC. The zero-order valence-electron chi connectivity index (χ0n) is 12.7. The molecule has 0 aromatic heterocycles. The third-order valence-electron chi connectivity index (χ3n) is 2.92. The maximum absolute atomic E-state index is 5.49. The summed E-state index contributed by atoms with van der Waals surface area (Å²) in [4.78, 5) is 2.17. The van der Waals surface area contributed by atoms with Gasteiger partial charge in [-0.25, -0.2) is 0 Å². The Morgan fingerprint density at radius 2 is 1.80 bits per heavy atom. The lowest BCUT2D eigenvalue weighted by molar-refractivity contribution is 0.403. The average Bonchev–Trinajstić information content (AvgIpc) is 2.46. The molecule has 0 fully saturated rings. The van der Waals surface area contributed by atoms with Crippen LogP contribution in [0, 0.1) is 0 Å². The molecule has 0 heterocycles. The van der Waals surface area contributed by atoms with Gasteiger partial charge in [-0.1, -0.05) is 13.8 Å². The maximum atomic E-state index is 5.49. The molecular weight excluding hydrogens is 272 g/mol. The largest absolute Gasteiger partial charge is 0.497 e. The molecule has 20 heavy (non-hydrogen) atoms. The second kappa shape index (κ2) is 8.64. The van der Waals surface area contributed by atoms with Gasteiger partial charge in [-0.05, 0) is 37.2 Å². The molecule has 1 rings (SSSR count). The molecule has 1 N–H and O–H groups in total. The summed E-state index contributed by atoms with van der Waals surface area (Å²) in [5.41, 5.74) is 0.828. The minimum Gasteiger partial charge on any atom is -0.497 e. The van der Waals surface area contributed by atoms with Gasteiger partial charge in [0.05, 0.1) is 19.9 Å². The Kier molecular flexibility index (Phi) is 7.15. The van der Waals surface area contributed by atoms with Gasteiger partial charge in [0.15, 0.2) is 5.11 Å². The quantitative estimate of drug-likeness (QED) is 0.779. The van der Waals surface area contributed by atoms with E-state index < -0.39 is 0 Å². The van der Waals surface area contributed by atoms with Crippen LogP contribution in [-0.2, 0) is 0 Å².